The maximum atomic E-state index is 12.4. The minimum atomic E-state index is -0.847. The summed E-state index contributed by atoms with van der Waals surface area (Å²) < 4.78 is 0. The van der Waals surface area contributed by atoms with Crippen LogP contribution in [0.2, 0.25) is 0 Å². The van der Waals surface area contributed by atoms with Crippen molar-refractivity contribution in [2.24, 2.45) is 5.92 Å². The fourth-order valence-corrected chi connectivity index (χ4v) is 2.23. The van der Waals surface area contributed by atoms with Gasteiger partial charge in [-0.1, -0.05) is 19.1 Å². The van der Waals surface area contributed by atoms with E-state index in [4.69, 9.17) is 5.11 Å². The van der Waals surface area contributed by atoms with Crippen LogP contribution in [0.4, 0.5) is 5.69 Å². The molecule has 0 aliphatic heterocycles. The first-order valence-corrected chi connectivity index (χ1v) is 7.13. The molecular weight excluding hydrogens is 268 g/mol. The predicted molar refractivity (Wildman–Crippen MR) is 83.5 cm³/mol. The van der Waals surface area contributed by atoms with E-state index in [9.17, 15) is 9.59 Å². The summed E-state index contributed by atoms with van der Waals surface area (Å²) in [5.41, 5.74) is 1.98. The Morgan fingerprint density at radius 2 is 2.00 bits per heavy atom. The number of hydrogen-bond donors (Lipinski definition) is 1. The van der Waals surface area contributed by atoms with E-state index in [1.54, 1.807) is 23.8 Å². The summed E-state index contributed by atoms with van der Waals surface area (Å²) in [5, 5.41) is 8.91. The van der Waals surface area contributed by atoms with Gasteiger partial charge in [0.05, 0.1) is 12.5 Å². The minimum Gasteiger partial charge on any atom is -0.481 e. The lowest BCUT2D eigenvalue weighted by Gasteiger charge is -2.25. The normalized spacial score (nSPS) is 12.2. The molecule has 1 rings (SSSR count). The first-order chi connectivity index (χ1) is 9.85. The molecule has 1 amide bonds. The Morgan fingerprint density at radius 3 is 2.52 bits per heavy atom. The number of carbonyl (C=O) groups excluding carboxylic acids is 1. The average Bonchev–Trinajstić information content (AvgIpc) is 2.39. The van der Waals surface area contributed by atoms with Gasteiger partial charge in [-0.25, -0.2) is 0 Å². The molecule has 1 N–H and O–H groups in total. The molecule has 1 unspecified atom stereocenters. The van der Waals surface area contributed by atoms with Gasteiger partial charge in [0.25, 0.3) is 0 Å². The summed E-state index contributed by atoms with van der Waals surface area (Å²) in [6.07, 6.45) is 0. The van der Waals surface area contributed by atoms with Crippen LogP contribution in [-0.4, -0.2) is 48.6 Å². The van der Waals surface area contributed by atoms with Gasteiger partial charge in [0.1, 0.15) is 0 Å². The van der Waals surface area contributed by atoms with E-state index in [1.807, 2.05) is 38.1 Å². The zero-order valence-corrected chi connectivity index (χ0v) is 13.2. The zero-order valence-electron chi connectivity index (χ0n) is 13.2. The molecule has 0 aromatic heterocycles. The van der Waals surface area contributed by atoms with Gasteiger partial charge < -0.3 is 10.0 Å². The molecule has 1 aromatic rings. The Balaban J connectivity index is 2.69. The summed E-state index contributed by atoms with van der Waals surface area (Å²) in [7, 11) is 1.77. The largest absolute Gasteiger partial charge is 0.481 e. The first-order valence-electron chi connectivity index (χ1n) is 7.13. The highest BCUT2D eigenvalue weighted by Crippen LogP contribution is 2.16. The zero-order chi connectivity index (χ0) is 16.0. The Hall–Kier alpha value is -1.88. The molecule has 5 nitrogen and oxygen atoms in total. The van der Waals surface area contributed by atoms with Crippen molar-refractivity contribution in [2.75, 3.05) is 31.6 Å². The molecule has 21 heavy (non-hydrogen) atoms. The van der Waals surface area contributed by atoms with Gasteiger partial charge in [0.2, 0.25) is 5.91 Å². The molecule has 0 aliphatic carbocycles. The van der Waals surface area contributed by atoms with Crippen molar-refractivity contribution >= 4 is 17.6 Å². The van der Waals surface area contributed by atoms with Gasteiger partial charge in [0, 0.05) is 18.8 Å². The molecule has 116 valence electrons. The van der Waals surface area contributed by atoms with Gasteiger partial charge in [-0.15, -0.1) is 0 Å². The number of amides is 1. The number of carbonyl (C=O) groups is 2. The fourth-order valence-electron chi connectivity index (χ4n) is 2.23. The summed E-state index contributed by atoms with van der Waals surface area (Å²) in [4.78, 5) is 26.7. The third-order valence-electron chi connectivity index (χ3n) is 3.34. The van der Waals surface area contributed by atoms with Gasteiger partial charge in [-0.05, 0) is 38.6 Å². The Kier molecular flexibility index (Phi) is 6.37. The lowest BCUT2D eigenvalue weighted by atomic mass is 10.1. The number of anilines is 1. The second-order valence-electron chi connectivity index (χ2n) is 5.41. The van der Waals surface area contributed by atoms with Gasteiger partial charge in [-0.3, -0.25) is 14.5 Å². The monoisotopic (exact) mass is 292 g/mol. The van der Waals surface area contributed by atoms with Crippen LogP contribution in [0.25, 0.3) is 0 Å². The smallest absolute Gasteiger partial charge is 0.307 e. The maximum absolute atomic E-state index is 12.4. The first kappa shape index (κ1) is 17.2. The number of hydrogen-bond acceptors (Lipinski definition) is 3. The molecule has 1 aromatic carbocycles. The van der Waals surface area contributed by atoms with E-state index in [0.29, 0.717) is 13.1 Å². The summed E-state index contributed by atoms with van der Waals surface area (Å²) in [6.45, 7) is 6.71. The highest BCUT2D eigenvalue weighted by molar-refractivity contribution is 5.94. The molecule has 0 saturated carbocycles. The molecule has 0 heterocycles. The van der Waals surface area contributed by atoms with Gasteiger partial charge >= 0.3 is 5.97 Å². The number of carboxylic acid groups (broad SMARTS) is 1. The predicted octanol–water partition coefficient (Wildman–Crippen LogP) is 2.00. The average molecular weight is 292 g/mol. The molecule has 0 bridgehead atoms. The summed E-state index contributed by atoms with van der Waals surface area (Å²) in [5.74, 6) is -1.36. The number of rotatable bonds is 7. The Morgan fingerprint density at radius 1 is 1.33 bits per heavy atom. The molecule has 0 fully saturated rings. The van der Waals surface area contributed by atoms with E-state index >= 15 is 0 Å². The molecule has 0 saturated heterocycles. The SMILES string of the molecule is CCN(C(=O)CN(C)CC(C)C(=O)O)c1cccc(C)c1. The Bertz CT molecular complexity index is 502. The van der Waals surface area contributed by atoms with Crippen LogP contribution < -0.4 is 4.90 Å². The van der Waals surface area contributed by atoms with Crippen molar-refractivity contribution in [3.05, 3.63) is 29.8 Å². The second kappa shape index (κ2) is 7.78. The van der Waals surface area contributed by atoms with Crippen LogP contribution >= 0.6 is 0 Å². The number of aliphatic carboxylic acids is 1. The van der Waals surface area contributed by atoms with E-state index < -0.39 is 11.9 Å². The van der Waals surface area contributed by atoms with Crippen LogP contribution in [-0.2, 0) is 9.59 Å². The van der Waals surface area contributed by atoms with Gasteiger partial charge in [0.15, 0.2) is 0 Å². The van der Waals surface area contributed by atoms with E-state index in [-0.39, 0.29) is 12.5 Å². The highest BCUT2D eigenvalue weighted by atomic mass is 16.4. The number of carboxylic acids is 1. The third-order valence-corrected chi connectivity index (χ3v) is 3.34. The molecule has 0 radical (unpaired) electrons. The van der Waals surface area contributed by atoms with Crippen molar-refractivity contribution in [3.63, 3.8) is 0 Å². The summed E-state index contributed by atoms with van der Waals surface area (Å²) in [6, 6.07) is 7.80. The molecule has 0 aliphatic rings. The van der Waals surface area contributed by atoms with Crippen LogP contribution in [0, 0.1) is 12.8 Å². The highest BCUT2D eigenvalue weighted by Gasteiger charge is 2.19. The van der Waals surface area contributed by atoms with E-state index in [1.165, 1.54) is 0 Å². The standard InChI is InChI=1S/C16H24N2O3/c1-5-18(14-8-6-7-12(2)9-14)15(19)11-17(4)10-13(3)16(20)21/h6-9,13H,5,10-11H2,1-4H3,(H,20,21). The number of benzene rings is 1. The van der Waals surface area contributed by atoms with Crippen molar-refractivity contribution < 1.29 is 14.7 Å². The van der Waals surface area contributed by atoms with E-state index in [2.05, 4.69) is 0 Å². The van der Waals surface area contributed by atoms with E-state index in [0.717, 1.165) is 11.3 Å². The van der Waals surface area contributed by atoms with Crippen LogP contribution in [0.15, 0.2) is 24.3 Å². The fraction of sp³-hybridized carbons (Fsp3) is 0.500. The summed E-state index contributed by atoms with van der Waals surface area (Å²) >= 11 is 0. The van der Waals surface area contributed by atoms with Crippen LogP contribution in [0.5, 0.6) is 0 Å². The van der Waals surface area contributed by atoms with Crippen LogP contribution in [0.3, 0.4) is 0 Å². The minimum absolute atomic E-state index is 0.0248. The molecule has 1 atom stereocenters. The second-order valence-corrected chi connectivity index (χ2v) is 5.41. The Labute approximate surface area is 126 Å². The lowest BCUT2D eigenvalue weighted by molar-refractivity contribution is -0.142. The van der Waals surface area contributed by atoms with Crippen molar-refractivity contribution in [3.8, 4) is 0 Å². The number of likely N-dealkylation sites (N-methyl/N-ethyl adjacent to an activating group) is 2. The van der Waals surface area contributed by atoms with Crippen molar-refractivity contribution in [2.45, 2.75) is 20.8 Å². The van der Waals surface area contributed by atoms with Crippen molar-refractivity contribution in [1.82, 2.24) is 4.90 Å². The topological polar surface area (TPSA) is 60.9 Å². The maximum Gasteiger partial charge on any atom is 0.307 e. The lowest BCUT2D eigenvalue weighted by Crippen LogP contribution is -2.41. The number of nitrogens with zero attached hydrogens (tertiary/aromatic N) is 2. The molecular formula is C16H24N2O3. The van der Waals surface area contributed by atoms with Crippen LogP contribution in [0.1, 0.15) is 19.4 Å². The van der Waals surface area contributed by atoms with Gasteiger partial charge in [-0.2, -0.15) is 0 Å². The third kappa shape index (κ3) is 5.19. The van der Waals surface area contributed by atoms with Crippen molar-refractivity contribution in [1.29, 1.82) is 0 Å². The molecule has 5 heteroatoms. The molecule has 0 spiro atoms. The number of aryl methyl sites for hydroxylation is 1. The quantitative estimate of drug-likeness (QED) is 0.835.